The zero-order valence-corrected chi connectivity index (χ0v) is 12.8. The van der Waals surface area contributed by atoms with Crippen LogP contribution in [0.25, 0.3) is 0 Å². The SMILES string of the molecule is CCNCc1cccc(SCCC(=O)NC(C)C)c1. The summed E-state index contributed by atoms with van der Waals surface area (Å²) in [6, 6.07) is 8.70. The van der Waals surface area contributed by atoms with Crippen molar-refractivity contribution in [3.8, 4) is 0 Å². The fourth-order valence-corrected chi connectivity index (χ4v) is 2.60. The average Bonchev–Trinajstić information content (AvgIpc) is 2.36. The number of hydrogen-bond acceptors (Lipinski definition) is 3. The largest absolute Gasteiger partial charge is 0.354 e. The van der Waals surface area contributed by atoms with Crippen LogP contribution in [0.15, 0.2) is 29.2 Å². The molecule has 1 aromatic carbocycles. The minimum atomic E-state index is 0.131. The highest BCUT2D eigenvalue weighted by atomic mass is 32.2. The van der Waals surface area contributed by atoms with Gasteiger partial charge in [-0.15, -0.1) is 11.8 Å². The lowest BCUT2D eigenvalue weighted by Gasteiger charge is -2.08. The minimum absolute atomic E-state index is 0.131. The van der Waals surface area contributed by atoms with Gasteiger partial charge in [0.05, 0.1) is 0 Å². The van der Waals surface area contributed by atoms with Crippen molar-refractivity contribution >= 4 is 17.7 Å². The highest BCUT2D eigenvalue weighted by Crippen LogP contribution is 2.19. The Morgan fingerprint density at radius 1 is 1.37 bits per heavy atom. The van der Waals surface area contributed by atoms with Gasteiger partial charge in [-0.25, -0.2) is 0 Å². The Labute approximate surface area is 120 Å². The number of benzene rings is 1. The van der Waals surface area contributed by atoms with Crippen LogP contribution >= 0.6 is 11.8 Å². The molecule has 4 heteroatoms. The molecule has 1 rings (SSSR count). The third kappa shape index (κ3) is 7.23. The van der Waals surface area contributed by atoms with Crippen molar-refractivity contribution in [1.29, 1.82) is 0 Å². The van der Waals surface area contributed by atoms with Crippen molar-refractivity contribution in [2.75, 3.05) is 12.3 Å². The summed E-state index contributed by atoms with van der Waals surface area (Å²) in [5.74, 6) is 0.953. The second kappa shape index (κ2) is 8.99. The molecule has 0 unspecified atom stereocenters. The van der Waals surface area contributed by atoms with Gasteiger partial charge in [0, 0.05) is 29.7 Å². The molecule has 0 aliphatic heterocycles. The lowest BCUT2D eigenvalue weighted by molar-refractivity contribution is -0.121. The van der Waals surface area contributed by atoms with Crippen LogP contribution in [0.5, 0.6) is 0 Å². The average molecular weight is 280 g/mol. The highest BCUT2D eigenvalue weighted by Gasteiger charge is 2.03. The first kappa shape index (κ1) is 16.1. The van der Waals surface area contributed by atoms with E-state index in [9.17, 15) is 4.79 Å². The number of carbonyl (C=O) groups is 1. The van der Waals surface area contributed by atoms with Crippen LogP contribution in [-0.4, -0.2) is 24.2 Å². The Kier molecular flexibility index (Phi) is 7.60. The molecule has 0 heterocycles. The van der Waals surface area contributed by atoms with E-state index in [2.05, 4.69) is 41.8 Å². The molecule has 0 spiro atoms. The summed E-state index contributed by atoms with van der Waals surface area (Å²) >= 11 is 1.73. The number of amides is 1. The zero-order chi connectivity index (χ0) is 14.1. The van der Waals surface area contributed by atoms with Crippen LogP contribution in [0.3, 0.4) is 0 Å². The lowest BCUT2D eigenvalue weighted by Crippen LogP contribution is -2.30. The van der Waals surface area contributed by atoms with Crippen LogP contribution in [0, 0.1) is 0 Å². The molecule has 1 aromatic rings. The van der Waals surface area contributed by atoms with Gasteiger partial charge in [-0.05, 0) is 38.1 Å². The van der Waals surface area contributed by atoms with Crippen molar-refractivity contribution < 1.29 is 4.79 Å². The van der Waals surface area contributed by atoms with E-state index in [0.29, 0.717) is 6.42 Å². The van der Waals surface area contributed by atoms with Crippen molar-refractivity contribution in [2.45, 2.75) is 44.7 Å². The van der Waals surface area contributed by atoms with E-state index >= 15 is 0 Å². The smallest absolute Gasteiger partial charge is 0.221 e. The van der Waals surface area contributed by atoms with Gasteiger partial charge in [0.15, 0.2) is 0 Å². The normalized spacial score (nSPS) is 10.7. The third-order valence-corrected chi connectivity index (χ3v) is 3.52. The molecule has 0 aliphatic carbocycles. The maximum absolute atomic E-state index is 11.5. The van der Waals surface area contributed by atoms with Crippen LogP contribution in [0.2, 0.25) is 0 Å². The molecule has 1 amide bonds. The summed E-state index contributed by atoms with van der Waals surface area (Å²) in [4.78, 5) is 12.7. The van der Waals surface area contributed by atoms with Crippen molar-refractivity contribution in [2.24, 2.45) is 0 Å². The Morgan fingerprint density at radius 3 is 2.84 bits per heavy atom. The first-order valence-electron chi connectivity index (χ1n) is 6.83. The van der Waals surface area contributed by atoms with E-state index in [-0.39, 0.29) is 11.9 Å². The van der Waals surface area contributed by atoms with E-state index in [0.717, 1.165) is 18.8 Å². The van der Waals surface area contributed by atoms with E-state index < -0.39 is 0 Å². The molecule has 0 atom stereocenters. The van der Waals surface area contributed by atoms with Gasteiger partial charge in [-0.3, -0.25) is 4.79 Å². The second-order valence-electron chi connectivity index (χ2n) is 4.75. The fourth-order valence-electron chi connectivity index (χ4n) is 1.67. The quantitative estimate of drug-likeness (QED) is 0.720. The third-order valence-electron chi connectivity index (χ3n) is 2.53. The lowest BCUT2D eigenvalue weighted by atomic mass is 10.2. The first-order valence-corrected chi connectivity index (χ1v) is 7.82. The number of thioether (sulfide) groups is 1. The Bertz CT molecular complexity index is 393. The van der Waals surface area contributed by atoms with Crippen molar-refractivity contribution in [1.82, 2.24) is 10.6 Å². The van der Waals surface area contributed by atoms with Crippen molar-refractivity contribution in [3.05, 3.63) is 29.8 Å². The van der Waals surface area contributed by atoms with E-state index in [1.165, 1.54) is 10.5 Å². The minimum Gasteiger partial charge on any atom is -0.354 e. The van der Waals surface area contributed by atoms with Gasteiger partial charge in [0.2, 0.25) is 5.91 Å². The van der Waals surface area contributed by atoms with E-state index in [1.807, 2.05) is 13.8 Å². The Hall–Kier alpha value is -1.00. The zero-order valence-electron chi connectivity index (χ0n) is 12.0. The van der Waals surface area contributed by atoms with Crippen LogP contribution in [0.1, 0.15) is 32.8 Å². The maximum Gasteiger partial charge on any atom is 0.221 e. The number of hydrogen-bond donors (Lipinski definition) is 2. The predicted octanol–water partition coefficient (Wildman–Crippen LogP) is 2.80. The maximum atomic E-state index is 11.5. The highest BCUT2D eigenvalue weighted by molar-refractivity contribution is 7.99. The molecule has 2 N–H and O–H groups in total. The molecule has 0 aromatic heterocycles. The summed E-state index contributed by atoms with van der Waals surface area (Å²) in [6.45, 7) is 7.95. The van der Waals surface area contributed by atoms with Crippen molar-refractivity contribution in [3.63, 3.8) is 0 Å². The number of carbonyl (C=O) groups excluding carboxylic acids is 1. The molecular formula is C15H24N2OS. The molecule has 0 radical (unpaired) electrons. The topological polar surface area (TPSA) is 41.1 Å². The summed E-state index contributed by atoms with van der Waals surface area (Å²) < 4.78 is 0. The van der Waals surface area contributed by atoms with Crippen LogP contribution < -0.4 is 10.6 Å². The monoisotopic (exact) mass is 280 g/mol. The number of nitrogens with one attached hydrogen (secondary N) is 2. The van der Waals surface area contributed by atoms with Crippen LogP contribution in [0.4, 0.5) is 0 Å². The standard InChI is InChI=1S/C15H24N2OS/c1-4-16-11-13-6-5-7-14(10-13)19-9-8-15(18)17-12(2)3/h5-7,10,12,16H,4,8-9,11H2,1-3H3,(H,17,18). The number of rotatable bonds is 8. The van der Waals surface area contributed by atoms with Gasteiger partial charge < -0.3 is 10.6 Å². The molecule has 19 heavy (non-hydrogen) atoms. The molecule has 0 aliphatic rings. The Morgan fingerprint density at radius 2 is 2.16 bits per heavy atom. The molecule has 3 nitrogen and oxygen atoms in total. The molecule has 0 fully saturated rings. The molecule has 0 saturated carbocycles. The van der Waals surface area contributed by atoms with E-state index in [4.69, 9.17) is 0 Å². The van der Waals surface area contributed by atoms with Crippen LogP contribution in [-0.2, 0) is 11.3 Å². The van der Waals surface area contributed by atoms with Gasteiger partial charge in [-0.1, -0.05) is 19.1 Å². The first-order chi connectivity index (χ1) is 9.11. The summed E-state index contributed by atoms with van der Waals surface area (Å²) in [6.07, 6.45) is 0.570. The second-order valence-corrected chi connectivity index (χ2v) is 5.92. The van der Waals surface area contributed by atoms with Gasteiger partial charge in [0.1, 0.15) is 0 Å². The summed E-state index contributed by atoms with van der Waals surface area (Å²) in [7, 11) is 0. The molecule has 0 saturated heterocycles. The van der Waals surface area contributed by atoms with Gasteiger partial charge in [-0.2, -0.15) is 0 Å². The predicted molar refractivity (Wildman–Crippen MR) is 82.4 cm³/mol. The molecule has 0 bridgehead atoms. The molecule has 106 valence electrons. The van der Waals surface area contributed by atoms with Gasteiger partial charge >= 0.3 is 0 Å². The molecular weight excluding hydrogens is 256 g/mol. The summed E-state index contributed by atoms with van der Waals surface area (Å²) in [5, 5.41) is 6.22. The fraction of sp³-hybridized carbons (Fsp3) is 0.533. The van der Waals surface area contributed by atoms with E-state index in [1.54, 1.807) is 11.8 Å². The summed E-state index contributed by atoms with van der Waals surface area (Å²) in [5.41, 5.74) is 1.29. The Balaban J connectivity index is 2.34. The van der Waals surface area contributed by atoms with Gasteiger partial charge in [0.25, 0.3) is 0 Å².